The summed E-state index contributed by atoms with van der Waals surface area (Å²) in [6.45, 7) is 26.7. The molecule has 33 heavy (non-hydrogen) atoms. The first-order valence-corrected chi connectivity index (χ1v) is 26.1. The van der Waals surface area contributed by atoms with Crippen molar-refractivity contribution in [1.82, 2.24) is 0 Å². The Balaban J connectivity index is -0.000000167. The number of hydrogen-bond donors (Lipinski definition) is 0. The third-order valence-corrected chi connectivity index (χ3v) is 9.44. The van der Waals surface area contributed by atoms with E-state index in [1.165, 1.54) is 0 Å². The summed E-state index contributed by atoms with van der Waals surface area (Å²) >= 11 is 3.66. The Kier molecular flexibility index (Phi) is 23.7. The zero-order valence-electron chi connectivity index (χ0n) is 22.8. The van der Waals surface area contributed by atoms with Crippen molar-refractivity contribution in [2.24, 2.45) is 0 Å². The van der Waals surface area contributed by atoms with Crippen molar-refractivity contribution in [1.29, 1.82) is 0 Å². The van der Waals surface area contributed by atoms with Crippen molar-refractivity contribution in [2.45, 2.75) is 78.6 Å². The second-order valence-electron chi connectivity index (χ2n) is 11.6. The van der Waals surface area contributed by atoms with Gasteiger partial charge in [0.25, 0.3) is 0 Å². The minimum atomic E-state index is -1.21. The molecule has 0 saturated heterocycles. The molecule has 0 bridgehead atoms. The molecule has 0 unspecified atom stereocenters. The van der Waals surface area contributed by atoms with Gasteiger partial charge in [0.1, 0.15) is 0 Å². The van der Waals surface area contributed by atoms with E-state index in [-0.39, 0.29) is 21.7 Å². The third-order valence-electron chi connectivity index (χ3n) is 3.81. The van der Waals surface area contributed by atoms with Crippen molar-refractivity contribution in [2.75, 3.05) is 0 Å². The third kappa shape index (κ3) is 28.3. The summed E-state index contributed by atoms with van der Waals surface area (Å²) in [5.74, 6) is 0. The molecule has 0 N–H and O–H groups in total. The van der Waals surface area contributed by atoms with E-state index >= 15 is 0 Å². The average molecular weight is 616 g/mol. The molecular weight excluding hydrogens is 571 g/mol. The molecule has 7 heteroatoms. The van der Waals surface area contributed by atoms with Crippen LogP contribution in [-0.4, -0.2) is 32.3 Å². The van der Waals surface area contributed by atoms with E-state index in [9.17, 15) is 0 Å². The molecule has 0 saturated carbocycles. The van der Waals surface area contributed by atoms with Crippen LogP contribution >= 0.6 is 10.1 Å². The topological polar surface area (TPSA) is 0 Å². The molecule has 0 fully saturated rings. The first-order valence-electron chi connectivity index (χ1n) is 10.8. The Morgan fingerprint density at radius 2 is 0.848 bits per heavy atom. The summed E-state index contributed by atoms with van der Waals surface area (Å²) in [7, 11) is -0.190. The van der Waals surface area contributed by atoms with Crippen LogP contribution in [0.3, 0.4) is 0 Å². The van der Waals surface area contributed by atoms with Crippen molar-refractivity contribution in [3.8, 4) is 11.1 Å². The van der Waals surface area contributed by atoms with Gasteiger partial charge in [-0.15, -0.1) is 0 Å². The van der Waals surface area contributed by atoms with Gasteiger partial charge in [0, 0.05) is 0 Å². The normalized spacial score (nSPS) is 10.5. The van der Waals surface area contributed by atoms with E-state index in [1.54, 1.807) is 10.4 Å². The summed E-state index contributed by atoms with van der Waals surface area (Å²) in [4.78, 5) is 0. The summed E-state index contributed by atoms with van der Waals surface area (Å²) < 4.78 is 0. The molecule has 0 aromatic heterocycles. The fourth-order valence-electron chi connectivity index (χ4n) is 1.75. The van der Waals surface area contributed by atoms with Crippen LogP contribution in [0.4, 0.5) is 0 Å². The van der Waals surface area contributed by atoms with E-state index in [0.29, 0.717) is 0 Å². The molecule has 0 aliphatic carbocycles. The van der Waals surface area contributed by atoms with Gasteiger partial charge in [-0.3, -0.25) is 0 Å². The van der Waals surface area contributed by atoms with Crippen LogP contribution in [-0.2, 0) is 36.8 Å². The van der Waals surface area contributed by atoms with Gasteiger partial charge >= 0.3 is 46.9 Å². The van der Waals surface area contributed by atoms with E-state index in [2.05, 4.69) is 163 Å². The van der Waals surface area contributed by atoms with Gasteiger partial charge in [0.2, 0.25) is 0 Å². The second kappa shape index (κ2) is 19.4. The maximum Gasteiger partial charge on any atom is 2.00 e. The zero-order chi connectivity index (χ0) is 26.2. The van der Waals surface area contributed by atoms with Crippen molar-refractivity contribution in [3.05, 3.63) is 61.4 Å². The van der Waals surface area contributed by atoms with Gasteiger partial charge in [-0.2, -0.15) is 34.6 Å². The molecule has 0 atom stereocenters. The largest absolute Gasteiger partial charge is 2.00 e. The molecule has 2 aromatic carbocycles. The molecule has 188 valence electrons. The van der Waals surface area contributed by atoms with Crippen LogP contribution < -0.4 is 10.4 Å². The monoisotopic (exact) mass is 614 g/mol. The Bertz CT molecular complexity index is 691. The standard InChI is InChI=1S/2C8H13Si.2C5H9Si.ClH.Cu.Ti/c2*1-9(2,3)8-6-4-5-7-8;2*1-5-6(2,3)4;;;/h2*4-7H,1-3H3;2*2-4H3;1H;;/q4*-1;;+1;+2/p-1. The fraction of sp³-hybridized carbons (Fsp3) is 0.462. The SMILES string of the molecule is C[Si](C)(C)c1ccc[cH-]1.C[Si](C)(C)c1ccc[cH-]1.[C-]#C[Si](C)(C)C.[C-]#C[Si](C)(C)C.[Cl][Cu].[Ti+2]. The molecule has 0 aliphatic heterocycles. The smallest absolute Gasteiger partial charge is 2.00 e. The van der Waals surface area contributed by atoms with Gasteiger partial charge in [-0.1, -0.05) is 78.6 Å². The Labute approximate surface area is 238 Å². The maximum atomic E-state index is 6.67. The Hall–Kier alpha value is 0.211. The van der Waals surface area contributed by atoms with E-state index in [4.69, 9.17) is 12.8 Å². The van der Waals surface area contributed by atoms with Crippen LogP contribution in [0.1, 0.15) is 0 Å². The van der Waals surface area contributed by atoms with E-state index in [1.807, 2.05) is 0 Å². The van der Waals surface area contributed by atoms with Crippen LogP contribution in [0.15, 0.2) is 48.5 Å². The predicted octanol–water partition coefficient (Wildman–Crippen LogP) is 7.49. The first kappa shape index (κ1) is 40.4. The first-order chi connectivity index (χ1) is 14.3. The summed E-state index contributed by atoms with van der Waals surface area (Å²) in [6.07, 6.45) is 13.3. The van der Waals surface area contributed by atoms with Crippen molar-refractivity contribution >= 4 is 52.8 Å². The number of halogens is 1. The van der Waals surface area contributed by atoms with Crippen molar-refractivity contribution in [3.63, 3.8) is 0 Å². The minimum absolute atomic E-state index is 0. The van der Waals surface area contributed by atoms with Crippen LogP contribution in [0, 0.1) is 23.9 Å². The summed E-state index contributed by atoms with van der Waals surface area (Å²) in [5, 5.41) is 3.12. The molecule has 0 aliphatic rings. The fourth-order valence-corrected chi connectivity index (χ4v) is 4.13. The van der Waals surface area contributed by atoms with E-state index < -0.39 is 32.3 Å². The Morgan fingerprint density at radius 3 is 0.909 bits per heavy atom. The van der Waals surface area contributed by atoms with Crippen LogP contribution in [0.25, 0.3) is 0 Å². The van der Waals surface area contributed by atoms with Gasteiger partial charge in [-0.25, -0.2) is 24.3 Å². The summed E-state index contributed by atoms with van der Waals surface area (Å²) in [5.41, 5.74) is 4.99. The number of rotatable bonds is 2. The molecule has 0 spiro atoms. The molecular formula is C26H44ClCuSi4Ti-2. The molecule has 2 rings (SSSR count). The maximum absolute atomic E-state index is 6.67. The molecule has 0 radical (unpaired) electrons. The molecule has 0 heterocycles. The van der Waals surface area contributed by atoms with Crippen LogP contribution in [0.5, 0.6) is 0 Å². The van der Waals surface area contributed by atoms with Gasteiger partial charge < -0.3 is 23.9 Å². The van der Waals surface area contributed by atoms with Gasteiger partial charge in [0.05, 0.1) is 32.3 Å². The quantitative estimate of drug-likeness (QED) is 0.187. The van der Waals surface area contributed by atoms with E-state index in [0.717, 1.165) is 0 Å². The molecule has 0 amide bonds. The van der Waals surface area contributed by atoms with Crippen LogP contribution in [0.2, 0.25) is 78.6 Å². The zero-order valence-corrected chi connectivity index (χ0v) is 30.1. The van der Waals surface area contributed by atoms with Crippen molar-refractivity contribution < 1.29 is 36.8 Å². The Morgan fingerprint density at radius 1 is 0.636 bits per heavy atom. The number of hydrogen-bond acceptors (Lipinski definition) is 0. The second-order valence-corrected chi connectivity index (χ2v) is 31.3. The minimum Gasteiger partial charge on any atom is 2.00 e. The van der Waals surface area contributed by atoms with Gasteiger partial charge in [-0.05, 0) is 0 Å². The molecule has 2 aromatic rings. The predicted molar refractivity (Wildman–Crippen MR) is 157 cm³/mol. The van der Waals surface area contributed by atoms with Gasteiger partial charge in [0.15, 0.2) is 0 Å². The molecule has 0 nitrogen and oxygen atoms in total. The average Bonchev–Trinajstić information content (AvgIpc) is 3.36. The summed E-state index contributed by atoms with van der Waals surface area (Å²) in [6, 6.07) is 17.4.